The summed E-state index contributed by atoms with van der Waals surface area (Å²) in [6.45, 7) is 15.2. The van der Waals surface area contributed by atoms with Gasteiger partial charge in [0.1, 0.15) is 0 Å². The van der Waals surface area contributed by atoms with Crippen molar-refractivity contribution in [3.05, 3.63) is 34.9 Å². The second kappa shape index (κ2) is 6.51. The number of nitrogens with one attached hydrogen (secondary N) is 1. The maximum absolute atomic E-state index is 5.85. The van der Waals surface area contributed by atoms with Crippen molar-refractivity contribution in [3.63, 3.8) is 0 Å². The third-order valence-electron chi connectivity index (χ3n) is 4.32. The van der Waals surface area contributed by atoms with Gasteiger partial charge in [0, 0.05) is 5.54 Å². The Hall–Kier alpha value is -0.900. The van der Waals surface area contributed by atoms with Gasteiger partial charge in [0.15, 0.2) is 0 Å². The molecule has 1 aromatic rings. The second-order valence-electron chi connectivity index (χ2n) is 5.77. The van der Waals surface area contributed by atoms with E-state index in [-0.39, 0.29) is 11.6 Å². The van der Waals surface area contributed by atoms with Crippen molar-refractivity contribution in [1.29, 1.82) is 0 Å². The number of nitrogens with zero attached hydrogens (tertiary/aromatic N) is 1. The number of hydrogen-bond acceptors (Lipinski definition) is 3. The Morgan fingerprint density at radius 2 is 1.74 bits per heavy atom. The monoisotopic (exact) mass is 263 g/mol. The molecule has 3 heteroatoms. The quantitative estimate of drug-likeness (QED) is 0.612. The highest BCUT2D eigenvalue weighted by Crippen LogP contribution is 2.31. The van der Waals surface area contributed by atoms with E-state index in [4.69, 9.17) is 5.84 Å². The smallest absolute Gasteiger partial charge is 0.0638 e. The van der Waals surface area contributed by atoms with E-state index in [0.717, 1.165) is 13.1 Å². The minimum Gasteiger partial charge on any atom is -0.297 e. The third kappa shape index (κ3) is 3.35. The van der Waals surface area contributed by atoms with Crippen molar-refractivity contribution in [2.75, 3.05) is 13.1 Å². The average molecular weight is 263 g/mol. The standard InChI is InChI=1S/C16H29N3/c1-7-19(8-2)16(5,6)15(18-17)14-10-9-12(3)13(4)11-14/h9-11,15,18H,7-8,17H2,1-6H3. The van der Waals surface area contributed by atoms with Crippen LogP contribution in [0.4, 0.5) is 0 Å². The average Bonchev–Trinajstić information content (AvgIpc) is 2.35. The lowest BCUT2D eigenvalue weighted by atomic mass is 9.86. The first-order valence-electron chi connectivity index (χ1n) is 7.16. The lowest BCUT2D eigenvalue weighted by Gasteiger charge is -2.43. The molecular formula is C16H29N3. The second-order valence-corrected chi connectivity index (χ2v) is 5.77. The molecule has 3 N–H and O–H groups in total. The normalized spacial score (nSPS) is 13.9. The molecule has 0 spiro atoms. The Bertz CT molecular complexity index is 408. The maximum Gasteiger partial charge on any atom is 0.0638 e. The SMILES string of the molecule is CCN(CC)C(C)(C)C(NN)c1ccc(C)c(C)c1. The molecular weight excluding hydrogens is 234 g/mol. The van der Waals surface area contributed by atoms with Gasteiger partial charge < -0.3 is 0 Å². The van der Waals surface area contributed by atoms with Crippen molar-refractivity contribution in [1.82, 2.24) is 10.3 Å². The van der Waals surface area contributed by atoms with Gasteiger partial charge in [-0.15, -0.1) is 0 Å². The maximum atomic E-state index is 5.85. The van der Waals surface area contributed by atoms with E-state index in [1.165, 1.54) is 16.7 Å². The van der Waals surface area contributed by atoms with Crippen LogP contribution in [0.5, 0.6) is 0 Å². The Kier molecular flexibility index (Phi) is 5.53. The number of likely N-dealkylation sites (N-methyl/N-ethyl adjacent to an activating group) is 1. The lowest BCUT2D eigenvalue weighted by molar-refractivity contribution is 0.0912. The van der Waals surface area contributed by atoms with Gasteiger partial charge in [0.25, 0.3) is 0 Å². The molecule has 0 bridgehead atoms. The van der Waals surface area contributed by atoms with E-state index in [0.29, 0.717) is 0 Å². The van der Waals surface area contributed by atoms with Gasteiger partial charge in [-0.2, -0.15) is 0 Å². The summed E-state index contributed by atoms with van der Waals surface area (Å²) in [6, 6.07) is 6.71. The zero-order chi connectivity index (χ0) is 14.6. The van der Waals surface area contributed by atoms with E-state index in [1.54, 1.807) is 0 Å². The number of hydrazine groups is 1. The first-order valence-corrected chi connectivity index (χ1v) is 7.16. The number of rotatable bonds is 6. The number of aryl methyl sites for hydroxylation is 2. The molecule has 0 radical (unpaired) electrons. The van der Waals surface area contributed by atoms with Gasteiger partial charge in [-0.1, -0.05) is 32.0 Å². The molecule has 0 aromatic heterocycles. The van der Waals surface area contributed by atoms with Crippen LogP contribution in [0.25, 0.3) is 0 Å². The van der Waals surface area contributed by atoms with Gasteiger partial charge in [-0.3, -0.25) is 16.2 Å². The van der Waals surface area contributed by atoms with E-state index in [1.807, 2.05) is 0 Å². The van der Waals surface area contributed by atoms with Crippen LogP contribution in [0, 0.1) is 13.8 Å². The molecule has 0 saturated heterocycles. The van der Waals surface area contributed by atoms with Crippen molar-refractivity contribution in [2.45, 2.75) is 53.1 Å². The third-order valence-corrected chi connectivity index (χ3v) is 4.32. The molecule has 19 heavy (non-hydrogen) atoms. The summed E-state index contributed by atoms with van der Waals surface area (Å²) >= 11 is 0. The predicted octanol–water partition coefficient (Wildman–Crippen LogP) is 2.93. The van der Waals surface area contributed by atoms with Crippen LogP contribution in [-0.4, -0.2) is 23.5 Å². The van der Waals surface area contributed by atoms with Crippen LogP contribution in [0.3, 0.4) is 0 Å². The number of benzene rings is 1. The molecule has 0 amide bonds. The van der Waals surface area contributed by atoms with Gasteiger partial charge in [-0.05, 0) is 57.5 Å². The summed E-state index contributed by atoms with van der Waals surface area (Å²) in [6.07, 6.45) is 0. The fourth-order valence-corrected chi connectivity index (χ4v) is 2.87. The lowest BCUT2D eigenvalue weighted by Crippen LogP contribution is -2.54. The van der Waals surface area contributed by atoms with Crippen molar-refractivity contribution in [3.8, 4) is 0 Å². The van der Waals surface area contributed by atoms with E-state index < -0.39 is 0 Å². The minimum absolute atomic E-state index is 0.0278. The summed E-state index contributed by atoms with van der Waals surface area (Å²) in [7, 11) is 0. The molecule has 0 fully saturated rings. The highest BCUT2D eigenvalue weighted by molar-refractivity contribution is 5.33. The van der Waals surface area contributed by atoms with Crippen LogP contribution in [-0.2, 0) is 0 Å². The first-order chi connectivity index (χ1) is 8.88. The summed E-state index contributed by atoms with van der Waals surface area (Å²) < 4.78 is 0. The molecule has 1 atom stereocenters. The van der Waals surface area contributed by atoms with Crippen LogP contribution in [0.2, 0.25) is 0 Å². The molecule has 0 aliphatic rings. The Labute approximate surface area is 118 Å². The highest BCUT2D eigenvalue weighted by atomic mass is 15.3. The zero-order valence-corrected chi connectivity index (χ0v) is 13.2. The van der Waals surface area contributed by atoms with Gasteiger partial charge in [0.2, 0.25) is 0 Å². The molecule has 0 saturated carbocycles. The van der Waals surface area contributed by atoms with Crippen LogP contribution in [0.1, 0.15) is 50.4 Å². The molecule has 0 aliphatic carbocycles. The number of nitrogens with two attached hydrogens (primary N) is 1. The Morgan fingerprint density at radius 1 is 1.16 bits per heavy atom. The molecule has 108 valence electrons. The molecule has 0 aliphatic heterocycles. The largest absolute Gasteiger partial charge is 0.297 e. The topological polar surface area (TPSA) is 41.3 Å². The summed E-state index contributed by atoms with van der Waals surface area (Å²) in [5.41, 5.74) is 6.87. The molecule has 0 heterocycles. The fourth-order valence-electron chi connectivity index (χ4n) is 2.87. The van der Waals surface area contributed by atoms with Crippen LogP contribution >= 0.6 is 0 Å². The predicted molar refractivity (Wildman–Crippen MR) is 83.0 cm³/mol. The highest BCUT2D eigenvalue weighted by Gasteiger charge is 2.34. The summed E-state index contributed by atoms with van der Waals surface area (Å²) in [5.74, 6) is 5.85. The van der Waals surface area contributed by atoms with E-state index in [9.17, 15) is 0 Å². The first kappa shape index (κ1) is 16.2. The summed E-state index contributed by atoms with van der Waals surface area (Å²) in [4.78, 5) is 2.44. The Morgan fingerprint density at radius 3 is 2.16 bits per heavy atom. The Balaban J connectivity index is 3.14. The van der Waals surface area contributed by atoms with E-state index >= 15 is 0 Å². The molecule has 3 nitrogen and oxygen atoms in total. The van der Waals surface area contributed by atoms with Crippen LogP contribution in [0.15, 0.2) is 18.2 Å². The minimum atomic E-state index is -0.0278. The molecule has 1 aromatic carbocycles. The van der Waals surface area contributed by atoms with Gasteiger partial charge >= 0.3 is 0 Å². The van der Waals surface area contributed by atoms with Crippen LogP contribution < -0.4 is 11.3 Å². The van der Waals surface area contributed by atoms with Gasteiger partial charge in [0.05, 0.1) is 6.04 Å². The number of hydrogen-bond donors (Lipinski definition) is 2. The summed E-state index contributed by atoms with van der Waals surface area (Å²) in [5, 5.41) is 0. The zero-order valence-electron chi connectivity index (χ0n) is 13.2. The van der Waals surface area contributed by atoms with Crippen molar-refractivity contribution in [2.24, 2.45) is 5.84 Å². The van der Waals surface area contributed by atoms with Crippen molar-refractivity contribution < 1.29 is 0 Å². The van der Waals surface area contributed by atoms with Crippen molar-refractivity contribution >= 4 is 0 Å². The fraction of sp³-hybridized carbons (Fsp3) is 0.625. The molecule has 1 rings (SSSR count). The van der Waals surface area contributed by atoms with E-state index in [2.05, 4.69) is 70.1 Å². The molecule has 1 unspecified atom stereocenters. The van der Waals surface area contributed by atoms with Gasteiger partial charge in [-0.25, -0.2) is 0 Å².